The van der Waals surface area contributed by atoms with Crippen molar-refractivity contribution in [2.45, 2.75) is 17.7 Å². The van der Waals surface area contributed by atoms with Gasteiger partial charge in [-0.05, 0) is 13.0 Å². The van der Waals surface area contributed by atoms with Crippen molar-refractivity contribution in [1.29, 1.82) is 0 Å². The Morgan fingerprint density at radius 3 is 3.14 bits per heavy atom. The molecule has 80 valence electrons. The number of nitrogens with two attached hydrogens (primary N) is 1. The fraction of sp³-hybridized carbons (Fsp3) is 0.667. The summed E-state index contributed by atoms with van der Waals surface area (Å²) >= 11 is 5.27. The van der Waals surface area contributed by atoms with Crippen LogP contribution in [0.2, 0.25) is 0 Å². The quantitative estimate of drug-likeness (QED) is 0.811. The molecule has 1 heterocycles. The molecular formula is C9H15BrN2OS. The van der Waals surface area contributed by atoms with Crippen molar-refractivity contribution < 1.29 is 4.74 Å². The lowest BCUT2D eigenvalue weighted by molar-refractivity contribution is 0.195. The number of aromatic nitrogens is 1. The van der Waals surface area contributed by atoms with E-state index >= 15 is 0 Å². The number of nitrogens with zero attached hydrogens (tertiary/aromatic N) is 1. The summed E-state index contributed by atoms with van der Waals surface area (Å²) in [6, 6.07) is 0. The van der Waals surface area contributed by atoms with E-state index in [0.29, 0.717) is 11.4 Å². The third-order valence-electron chi connectivity index (χ3n) is 1.81. The molecule has 3 nitrogen and oxygen atoms in total. The third kappa shape index (κ3) is 3.65. The molecule has 0 aliphatic carbocycles. The average Bonchev–Trinajstić information content (AvgIpc) is 2.63. The summed E-state index contributed by atoms with van der Waals surface area (Å²) in [6.45, 7) is 1.41. The zero-order valence-electron chi connectivity index (χ0n) is 8.20. The van der Waals surface area contributed by atoms with Gasteiger partial charge in [-0.25, -0.2) is 4.98 Å². The highest BCUT2D eigenvalue weighted by atomic mass is 79.9. The standard InChI is InChI=1S/C9H15BrN2OS/c1-13-5-3-8(10)9-12-7(2-4-11)6-14-9/h6,8H,2-5,11H2,1H3. The van der Waals surface area contributed by atoms with Gasteiger partial charge in [-0.1, -0.05) is 15.9 Å². The van der Waals surface area contributed by atoms with Crippen molar-refractivity contribution in [2.75, 3.05) is 20.3 Å². The number of halogens is 1. The van der Waals surface area contributed by atoms with Gasteiger partial charge in [0.05, 0.1) is 10.5 Å². The minimum atomic E-state index is 0.305. The van der Waals surface area contributed by atoms with Gasteiger partial charge in [0.1, 0.15) is 5.01 Å². The van der Waals surface area contributed by atoms with Crippen LogP contribution >= 0.6 is 27.3 Å². The molecule has 0 aliphatic heterocycles. The van der Waals surface area contributed by atoms with Crippen molar-refractivity contribution in [3.05, 3.63) is 16.1 Å². The SMILES string of the molecule is COCCC(Br)c1nc(CCN)cs1. The van der Waals surface area contributed by atoms with Crippen LogP contribution in [0, 0.1) is 0 Å². The lowest BCUT2D eigenvalue weighted by Gasteiger charge is -2.04. The molecule has 1 rings (SSSR count). The number of alkyl halides is 1. The molecule has 0 radical (unpaired) electrons. The molecule has 0 spiro atoms. The highest BCUT2D eigenvalue weighted by Crippen LogP contribution is 2.28. The summed E-state index contributed by atoms with van der Waals surface area (Å²) in [6.07, 6.45) is 1.81. The Morgan fingerprint density at radius 2 is 2.50 bits per heavy atom. The molecular weight excluding hydrogens is 264 g/mol. The molecule has 0 aliphatic rings. The van der Waals surface area contributed by atoms with E-state index in [1.165, 1.54) is 0 Å². The number of rotatable bonds is 6. The Kier molecular flexibility index (Phi) is 5.62. The zero-order chi connectivity index (χ0) is 10.4. The van der Waals surface area contributed by atoms with Crippen molar-refractivity contribution in [2.24, 2.45) is 5.73 Å². The van der Waals surface area contributed by atoms with Gasteiger partial charge in [0.2, 0.25) is 0 Å². The lowest BCUT2D eigenvalue weighted by Crippen LogP contribution is -2.03. The summed E-state index contributed by atoms with van der Waals surface area (Å²) in [5, 5.41) is 3.19. The highest BCUT2D eigenvalue weighted by molar-refractivity contribution is 9.09. The van der Waals surface area contributed by atoms with E-state index in [1.54, 1.807) is 18.4 Å². The molecule has 1 unspecified atom stereocenters. The molecule has 0 saturated heterocycles. The first-order chi connectivity index (χ1) is 6.77. The van der Waals surface area contributed by atoms with Crippen LogP contribution in [0.1, 0.15) is 21.9 Å². The van der Waals surface area contributed by atoms with Gasteiger partial charge in [-0.3, -0.25) is 0 Å². The molecule has 1 aromatic heterocycles. The summed E-state index contributed by atoms with van der Waals surface area (Å²) in [5.41, 5.74) is 6.55. The molecule has 0 aromatic carbocycles. The van der Waals surface area contributed by atoms with Gasteiger partial charge in [0.25, 0.3) is 0 Å². The van der Waals surface area contributed by atoms with Crippen LogP contribution in [-0.4, -0.2) is 25.2 Å². The van der Waals surface area contributed by atoms with E-state index in [4.69, 9.17) is 10.5 Å². The van der Waals surface area contributed by atoms with E-state index in [-0.39, 0.29) is 0 Å². The van der Waals surface area contributed by atoms with Crippen LogP contribution in [0.25, 0.3) is 0 Å². The smallest absolute Gasteiger partial charge is 0.107 e. The third-order valence-corrected chi connectivity index (χ3v) is 4.02. The second kappa shape index (κ2) is 6.50. The van der Waals surface area contributed by atoms with Crippen LogP contribution in [0.15, 0.2) is 5.38 Å². The normalized spacial score (nSPS) is 13.1. The number of hydrogen-bond acceptors (Lipinski definition) is 4. The van der Waals surface area contributed by atoms with Crippen LogP contribution in [0.3, 0.4) is 0 Å². The molecule has 0 saturated carbocycles. The fourth-order valence-corrected chi connectivity index (χ4v) is 2.55. The Bertz CT molecular complexity index is 267. The minimum Gasteiger partial charge on any atom is -0.385 e. The molecule has 0 bridgehead atoms. The van der Waals surface area contributed by atoms with E-state index in [2.05, 4.69) is 26.3 Å². The molecule has 2 N–H and O–H groups in total. The molecule has 14 heavy (non-hydrogen) atoms. The summed E-state index contributed by atoms with van der Waals surface area (Å²) in [4.78, 5) is 4.79. The second-order valence-electron chi connectivity index (χ2n) is 2.96. The first kappa shape index (κ1) is 12.1. The van der Waals surface area contributed by atoms with Crippen LogP contribution < -0.4 is 5.73 Å². The Morgan fingerprint density at radius 1 is 1.71 bits per heavy atom. The number of hydrogen-bond donors (Lipinski definition) is 1. The summed E-state index contributed by atoms with van der Waals surface area (Å²) in [5.74, 6) is 0. The minimum absolute atomic E-state index is 0.305. The van der Waals surface area contributed by atoms with Crippen LogP contribution in [0.5, 0.6) is 0 Å². The van der Waals surface area contributed by atoms with E-state index < -0.39 is 0 Å². The molecule has 1 aromatic rings. The lowest BCUT2D eigenvalue weighted by atomic mass is 10.3. The van der Waals surface area contributed by atoms with Crippen molar-refractivity contribution in [1.82, 2.24) is 4.98 Å². The van der Waals surface area contributed by atoms with E-state index in [9.17, 15) is 0 Å². The number of ether oxygens (including phenoxy) is 1. The molecule has 0 amide bonds. The van der Waals surface area contributed by atoms with Gasteiger partial charge in [-0.2, -0.15) is 0 Å². The largest absolute Gasteiger partial charge is 0.385 e. The summed E-state index contributed by atoms with van der Waals surface area (Å²) in [7, 11) is 1.71. The predicted octanol–water partition coefficient (Wildman–Crippen LogP) is 2.12. The topological polar surface area (TPSA) is 48.1 Å². The number of thiazole rings is 1. The maximum Gasteiger partial charge on any atom is 0.107 e. The van der Waals surface area contributed by atoms with Crippen LogP contribution in [0.4, 0.5) is 0 Å². The van der Waals surface area contributed by atoms with Crippen molar-refractivity contribution in [3.8, 4) is 0 Å². The van der Waals surface area contributed by atoms with Gasteiger partial charge in [0, 0.05) is 25.5 Å². The van der Waals surface area contributed by atoms with E-state index in [1.807, 2.05) is 0 Å². The maximum atomic E-state index is 5.46. The fourth-order valence-electron chi connectivity index (χ4n) is 1.07. The van der Waals surface area contributed by atoms with E-state index in [0.717, 1.165) is 30.2 Å². The van der Waals surface area contributed by atoms with Crippen LogP contribution in [-0.2, 0) is 11.2 Å². The first-order valence-corrected chi connectivity index (χ1v) is 6.34. The second-order valence-corrected chi connectivity index (χ2v) is 4.96. The average molecular weight is 279 g/mol. The molecule has 5 heteroatoms. The van der Waals surface area contributed by atoms with Gasteiger partial charge in [0.15, 0.2) is 0 Å². The first-order valence-electron chi connectivity index (χ1n) is 4.55. The maximum absolute atomic E-state index is 5.46. The Labute approximate surface area is 96.8 Å². The monoisotopic (exact) mass is 278 g/mol. The van der Waals surface area contributed by atoms with Crippen molar-refractivity contribution in [3.63, 3.8) is 0 Å². The van der Waals surface area contributed by atoms with Crippen molar-refractivity contribution >= 4 is 27.3 Å². The zero-order valence-corrected chi connectivity index (χ0v) is 10.6. The molecule has 0 fully saturated rings. The number of methoxy groups -OCH3 is 1. The molecule has 1 atom stereocenters. The summed E-state index contributed by atoms with van der Waals surface area (Å²) < 4.78 is 5.02. The predicted molar refractivity (Wildman–Crippen MR) is 63.0 cm³/mol. The Hall–Kier alpha value is 0.0300. The highest BCUT2D eigenvalue weighted by Gasteiger charge is 2.11. The van der Waals surface area contributed by atoms with Gasteiger partial charge in [-0.15, -0.1) is 11.3 Å². The van der Waals surface area contributed by atoms with Gasteiger partial charge < -0.3 is 10.5 Å². The van der Waals surface area contributed by atoms with Gasteiger partial charge >= 0.3 is 0 Å². The Balaban J connectivity index is 2.48.